The van der Waals surface area contributed by atoms with Crippen LogP contribution in [0.2, 0.25) is 0 Å². The normalized spacial score (nSPS) is 10.1. The highest BCUT2D eigenvalue weighted by Gasteiger charge is 2.03. The van der Waals surface area contributed by atoms with Gasteiger partial charge < -0.3 is 0 Å². The summed E-state index contributed by atoms with van der Waals surface area (Å²) >= 11 is 3.94. The van der Waals surface area contributed by atoms with Gasteiger partial charge in [0.25, 0.3) is 0 Å². The summed E-state index contributed by atoms with van der Waals surface area (Å²) in [4.78, 5) is 26.6. The Balaban J connectivity index is 1.99. The van der Waals surface area contributed by atoms with Gasteiger partial charge in [0.15, 0.2) is 0 Å². The van der Waals surface area contributed by atoms with E-state index in [1.165, 1.54) is 12.2 Å². The van der Waals surface area contributed by atoms with Gasteiger partial charge in [-0.3, -0.25) is 9.59 Å². The zero-order chi connectivity index (χ0) is 16.7. The monoisotopic (exact) mass is 358 g/mol. The lowest BCUT2D eigenvalue weighted by Crippen LogP contribution is -1.84. The number of hydrogen-bond donors (Lipinski definition) is 0. The zero-order valence-electron chi connectivity index (χ0n) is 12.2. The standard InChI is InChI=1S/C18H14O2S3/c1-3-17(19)22-15-9-5-13(6-10-15)21-14-7-11-16(12-8-14)23-18(20)4-2/h3-12H,1-2H2. The second-order valence-corrected chi connectivity index (χ2v) is 7.60. The molecular weight excluding hydrogens is 344 g/mol. The summed E-state index contributed by atoms with van der Waals surface area (Å²) < 4.78 is 0. The minimum Gasteiger partial charge on any atom is -0.282 e. The van der Waals surface area contributed by atoms with Gasteiger partial charge in [0.05, 0.1) is 0 Å². The summed E-state index contributed by atoms with van der Waals surface area (Å²) in [6.07, 6.45) is 2.62. The van der Waals surface area contributed by atoms with E-state index < -0.39 is 0 Å². The number of carbonyl (C=O) groups excluding carboxylic acids is 2. The van der Waals surface area contributed by atoms with Crippen LogP contribution in [0.25, 0.3) is 0 Å². The first kappa shape index (κ1) is 17.7. The maximum atomic E-state index is 11.3. The lowest BCUT2D eigenvalue weighted by Gasteiger charge is -2.04. The van der Waals surface area contributed by atoms with Gasteiger partial charge in [-0.2, -0.15) is 0 Å². The van der Waals surface area contributed by atoms with Crippen LogP contribution < -0.4 is 0 Å². The van der Waals surface area contributed by atoms with Crippen LogP contribution in [-0.4, -0.2) is 10.2 Å². The number of rotatable bonds is 6. The smallest absolute Gasteiger partial charge is 0.216 e. The third kappa shape index (κ3) is 5.78. The van der Waals surface area contributed by atoms with Crippen molar-refractivity contribution in [2.45, 2.75) is 19.6 Å². The van der Waals surface area contributed by atoms with E-state index in [2.05, 4.69) is 13.2 Å². The molecule has 0 saturated heterocycles. The summed E-state index contributed by atoms with van der Waals surface area (Å²) in [7, 11) is 0. The third-order valence-corrected chi connectivity index (χ3v) is 5.42. The van der Waals surface area contributed by atoms with Crippen LogP contribution in [0.3, 0.4) is 0 Å². The molecule has 23 heavy (non-hydrogen) atoms. The molecule has 0 saturated carbocycles. The van der Waals surface area contributed by atoms with Gasteiger partial charge in [-0.1, -0.05) is 24.9 Å². The van der Waals surface area contributed by atoms with Gasteiger partial charge in [-0.05, 0) is 84.2 Å². The highest BCUT2D eigenvalue weighted by molar-refractivity contribution is 8.14. The van der Waals surface area contributed by atoms with Crippen molar-refractivity contribution in [3.63, 3.8) is 0 Å². The van der Waals surface area contributed by atoms with Crippen LogP contribution in [0.4, 0.5) is 0 Å². The molecule has 0 unspecified atom stereocenters. The van der Waals surface area contributed by atoms with E-state index in [1.807, 2.05) is 48.5 Å². The Morgan fingerprint density at radius 3 is 1.26 bits per heavy atom. The number of carbonyl (C=O) groups is 2. The Bertz CT molecular complexity index is 655. The average molecular weight is 359 g/mol. The molecule has 2 aromatic rings. The van der Waals surface area contributed by atoms with Crippen molar-refractivity contribution in [1.82, 2.24) is 0 Å². The van der Waals surface area contributed by atoms with E-state index in [4.69, 9.17) is 0 Å². The molecule has 2 aromatic carbocycles. The third-order valence-electron chi connectivity index (χ3n) is 2.65. The molecule has 0 aliphatic carbocycles. The Hall–Kier alpha value is -1.69. The van der Waals surface area contributed by atoms with Gasteiger partial charge in [-0.25, -0.2) is 0 Å². The van der Waals surface area contributed by atoms with Crippen molar-refractivity contribution in [3.05, 3.63) is 73.8 Å². The molecule has 0 spiro atoms. The van der Waals surface area contributed by atoms with Crippen LogP contribution in [0.5, 0.6) is 0 Å². The van der Waals surface area contributed by atoms with Crippen molar-refractivity contribution in [3.8, 4) is 0 Å². The van der Waals surface area contributed by atoms with Crippen molar-refractivity contribution in [1.29, 1.82) is 0 Å². The SMILES string of the molecule is C=CC(=O)Sc1ccc(Sc2ccc(SC(=O)C=C)cc2)cc1. The van der Waals surface area contributed by atoms with Crippen LogP contribution in [0, 0.1) is 0 Å². The van der Waals surface area contributed by atoms with E-state index in [1.54, 1.807) is 11.8 Å². The summed E-state index contributed by atoms with van der Waals surface area (Å²) in [6, 6.07) is 15.6. The van der Waals surface area contributed by atoms with Crippen LogP contribution in [0.1, 0.15) is 0 Å². The van der Waals surface area contributed by atoms with E-state index in [9.17, 15) is 9.59 Å². The van der Waals surface area contributed by atoms with E-state index in [0.717, 1.165) is 43.1 Å². The van der Waals surface area contributed by atoms with Crippen molar-refractivity contribution < 1.29 is 9.59 Å². The quantitative estimate of drug-likeness (QED) is 0.507. The topological polar surface area (TPSA) is 34.1 Å². The van der Waals surface area contributed by atoms with E-state index in [0.29, 0.717) is 0 Å². The molecule has 0 atom stereocenters. The zero-order valence-corrected chi connectivity index (χ0v) is 14.7. The highest BCUT2D eigenvalue weighted by Crippen LogP contribution is 2.31. The molecule has 0 aliphatic rings. The Morgan fingerprint density at radius 1 is 0.652 bits per heavy atom. The largest absolute Gasteiger partial charge is 0.282 e. The molecule has 0 aromatic heterocycles. The predicted molar refractivity (Wildman–Crippen MR) is 99.1 cm³/mol. The predicted octanol–water partition coefficient (Wildman–Crippen LogP) is 5.45. The summed E-state index contributed by atoms with van der Waals surface area (Å²) in [6.45, 7) is 6.92. The van der Waals surface area contributed by atoms with Crippen LogP contribution in [-0.2, 0) is 9.59 Å². The minimum absolute atomic E-state index is 0.0624. The molecule has 0 bridgehead atoms. The molecule has 0 amide bonds. The Morgan fingerprint density at radius 2 is 0.957 bits per heavy atom. The first-order chi connectivity index (χ1) is 11.1. The van der Waals surface area contributed by atoms with Crippen molar-refractivity contribution in [2.75, 3.05) is 0 Å². The van der Waals surface area contributed by atoms with Crippen LogP contribution >= 0.6 is 35.3 Å². The van der Waals surface area contributed by atoms with Crippen molar-refractivity contribution >= 4 is 45.5 Å². The molecular formula is C18H14O2S3. The molecule has 2 rings (SSSR count). The first-order valence-corrected chi connectivity index (χ1v) is 9.12. The lowest BCUT2D eigenvalue weighted by molar-refractivity contribution is -0.107. The minimum atomic E-state index is -0.0624. The second-order valence-electron chi connectivity index (χ2n) is 4.30. The van der Waals surface area contributed by atoms with E-state index in [-0.39, 0.29) is 10.2 Å². The van der Waals surface area contributed by atoms with Crippen LogP contribution in [0.15, 0.2) is 93.4 Å². The molecule has 0 fully saturated rings. The number of benzene rings is 2. The van der Waals surface area contributed by atoms with Gasteiger partial charge >= 0.3 is 0 Å². The highest BCUT2D eigenvalue weighted by atomic mass is 32.2. The second kappa shape index (κ2) is 8.82. The maximum Gasteiger partial charge on any atom is 0.216 e. The molecule has 116 valence electrons. The molecule has 0 heterocycles. The van der Waals surface area contributed by atoms with Gasteiger partial charge in [0, 0.05) is 19.6 Å². The molecule has 0 aliphatic heterocycles. The van der Waals surface area contributed by atoms with Gasteiger partial charge in [-0.15, -0.1) is 0 Å². The summed E-state index contributed by atoms with van der Waals surface area (Å²) in [5.74, 6) is 0. The molecule has 2 nitrogen and oxygen atoms in total. The summed E-state index contributed by atoms with van der Waals surface area (Å²) in [5, 5.41) is -0.125. The average Bonchev–Trinajstić information content (AvgIpc) is 2.58. The molecule has 0 radical (unpaired) electrons. The molecule has 5 heteroatoms. The molecule has 0 N–H and O–H groups in total. The Labute approximate surface area is 148 Å². The number of thioether (sulfide) groups is 2. The fourth-order valence-corrected chi connectivity index (χ4v) is 3.60. The fraction of sp³-hybridized carbons (Fsp3) is 0. The van der Waals surface area contributed by atoms with Crippen molar-refractivity contribution in [2.24, 2.45) is 0 Å². The van der Waals surface area contributed by atoms with E-state index >= 15 is 0 Å². The fourth-order valence-electron chi connectivity index (χ4n) is 1.60. The van der Waals surface area contributed by atoms with Gasteiger partial charge in [0.1, 0.15) is 0 Å². The Kier molecular flexibility index (Phi) is 6.77. The lowest BCUT2D eigenvalue weighted by atomic mass is 10.4. The summed E-state index contributed by atoms with van der Waals surface area (Å²) in [5.41, 5.74) is 0. The first-order valence-electron chi connectivity index (χ1n) is 6.67. The van der Waals surface area contributed by atoms with Gasteiger partial charge in [0.2, 0.25) is 10.2 Å². The number of hydrogen-bond acceptors (Lipinski definition) is 5. The maximum absolute atomic E-state index is 11.3.